The number of para-hydroxylation sites is 1. The largest absolute Gasteiger partial charge is 0.507 e. The molecule has 0 aliphatic heterocycles. The average molecular weight is 516 g/mol. The minimum Gasteiger partial charge on any atom is -0.507 e. The van der Waals surface area contributed by atoms with Gasteiger partial charge in [0.25, 0.3) is 5.91 Å². The van der Waals surface area contributed by atoms with Gasteiger partial charge in [0.15, 0.2) is 5.76 Å². The van der Waals surface area contributed by atoms with Gasteiger partial charge in [-0.2, -0.15) is 5.10 Å². The molecule has 37 heavy (non-hydrogen) atoms. The number of amides is 1. The molecule has 0 unspecified atom stereocenters. The number of aromatic amines is 1. The van der Waals surface area contributed by atoms with E-state index in [1.165, 1.54) is 19.2 Å². The zero-order valence-electron chi connectivity index (χ0n) is 20.0. The molecule has 0 atom stereocenters. The molecule has 0 saturated carbocycles. The summed E-state index contributed by atoms with van der Waals surface area (Å²) in [6, 6.07) is 18.5. The quantitative estimate of drug-likeness (QED) is 0.221. The van der Waals surface area contributed by atoms with E-state index in [0.717, 1.165) is 12.0 Å². The van der Waals surface area contributed by atoms with Crippen LogP contribution in [0.4, 0.5) is 5.69 Å². The van der Waals surface area contributed by atoms with Gasteiger partial charge in [0.2, 0.25) is 5.78 Å². The summed E-state index contributed by atoms with van der Waals surface area (Å²) in [6.45, 7) is 2.01. The number of carbonyl (C=O) groups is 2. The Labute approximate surface area is 216 Å². The summed E-state index contributed by atoms with van der Waals surface area (Å²) in [6.07, 6.45) is 0.787. The molecule has 5 rings (SSSR count). The monoisotopic (exact) mass is 515 g/mol. The Morgan fingerprint density at radius 3 is 2.68 bits per heavy atom. The van der Waals surface area contributed by atoms with Gasteiger partial charge in [0.1, 0.15) is 22.8 Å². The van der Waals surface area contributed by atoms with E-state index in [1.807, 2.05) is 19.1 Å². The molecule has 186 valence electrons. The molecule has 0 spiro atoms. The van der Waals surface area contributed by atoms with Crippen LogP contribution in [0, 0.1) is 0 Å². The van der Waals surface area contributed by atoms with Crippen LogP contribution in [0.15, 0.2) is 71.1 Å². The van der Waals surface area contributed by atoms with Gasteiger partial charge in [0, 0.05) is 16.5 Å². The summed E-state index contributed by atoms with van der Waals surface area (Å²) < 4.78 is 11.0. The summed E-state index contributed by atoms with van der Waals surface area (Å²) in [5.41, 5.74) is 3.03. The number of aromatic hydroxyl groups is 1. The smallest absolute Gasteiger partial charge is 0.273 e. The number of anilines is 1. The van der Waals surface area contributed by atoms with Crippen molar-refractivity contribution < 1.29 is 23.8 Å². The van der Waals surface area contributed by atoms with Gasteiger partial charge in [-0.05, 0) is 60.5 Å². The third-order valence-electron chi connectivity index (χ3n) is 6.02. The highest BCUT2D eigenvalue weighted by Crippen LogP contribution is 2.35. The number of hydrogen-bond donors (Lipinski definition) is 3. The molecule has 0 fully saturated rings. The van der Waals surface area contributed by atoms with Crippen molar-refractivity contribution in [3.8, 4) is 22.8 Å². The first kappa shape index (κ1) is 24.1. The molecule has 1 amide bonds. The number of methoxy groups -OCH3 is 1. The molecule has 2 aromatic heterocycles. The molecule has 9 heteroatoms. The van der Waals surface area contributed by atoms with Crippen LogP contribution in [-0.2, 0) is 6.42 Å². The fourth-order valence-corrected chi connectivity index (χ4v) is 4.29. The number of H-pyrrole nitrogens is 1. The standard InChI is InChI=1S/C28H22ClN3O5/c1-3-15-8-10-22(33)18(12-15)20-14-21(32-31-20)28(35)30-25-17-6-4-5-7-23(17)37-27(25)26(34)16-9-11-24(36-2)19(29)13-16/h4-14,33H,3H2,1-2H3,(H,30,35)(H,31,32). The van der Waals surface area contributed by atoms with Crippen LogP contribution < -0.4 is 10.1 Å². The lowest BCUT2D eigenvalue weighted by molar-refractivity contribution is 0.101. The number of phenols is 1. The van der Waals surface area contributed by atoms with Gasteiger partial charge in [-0.15, -0.1) is 0 Å². The second-order valence-corrected chi connectivity index (χ2v) is 8.71. The first-order chi connectivity index (χ1) is 17.9. The van der Waals surface area contributed by atoms with Crippen LogP contribution in [-0.4, -0.2) is 34.1 Å². The van der Waals surface area contributed by atoms with E-state index in [4.69, 9.17) is 20.8 Å². The van der Waals surface area contributed by atoms with E-state index in [1.54, 1.807) is 42.5 Å². The number of nitrogens with one attached hydrogen (secondary N) is 2. The lowest BCUT2D eigenvalue weighted by Gasteiger charge is -2.07. The summed E-state index contributed by atoms with van der Waals surface area (Å²) in [5.74, 6) is -0.533. The third kappa shape index (κ3) is 4.54. The van der Waals surface area contributed by atoms with Crippen molar-refractivity contribution in [1.29, 1.82) is 0 Å². The molecule has 8 nitrogen and oxygen atoms in total. The number of phenolic OH excluding ortho intramolecular Hbond substituents is 1. The van der Waals surface area contributed by atoms with E-state index in [-0.39, 0.29) is 33.5 Å². The zero-order valence-corrected chi connectivity index (χ0v) is 20.7. The number of aromatic nitrogens is 2. The average Bonchev–Trinajstić information content (AvgIpc) is 3.54. The second-order valence-electron chi connectivity index (χ2n) is 8.31. The Balaban J connectivity index is 1.50. The number of halogens is 1. The SMILES string of the molecule is CCc1ccc(O)c(-c2cc(C(=O)Nc3c(C(=O)c4ccc(OC)c(Cl)c4)oc4ccccc34)[nH]n2)c1. The van der Waals surface area contributed by atoms with E-state index in [2.05, 4.69) is 15.5 Å². The molecule has 2 heterocycles. The molecule has 5 aromatic rings. The fourth-order valence-electron chi connectivity index (χ4n) is 4.03. The van der Waals surface area contributed by atoms with E-state index in [9.17, 15) is 14.7 Å². The molecule has 0 radical (unpaired) electrons. The Morgan fingerprint density at radius 1 is 1.11 bits per heavy atom. The minimum absolute atomic E-state index is 0.0381. The van der Waals surface area contributed by atoms with Crippen molar-refractivity contribution in [2.45, 2.75) is 13.3 Å². The van der Waals surface area contributed by atoms with Gasteiger partial charge in [0.05, 0.1) is 23.5 Å². The Bertz CT molecular complexity index is 1650. The van der Waals surface area contributed by atoms with Gasteiger partial charge >= 0.3 is 0 Å². The number of nitrogens with zero attached hydrogens (tertiary/aromatic N) is 1. The number of benzene rings is 3. The highest BCUT2D eigenvalue weighted by Gasteiger charge is 2.25. The van der Waals surface area contributed by atoms with Gasteiger partial charge in [-0.1, -0.05) is 36.7 Å². The maximum absolute atomic E-state index is 13.4. The predicted molar refractivity (Wildman–Crippen MR) is 141 cm³/mol. The first-order valence-corrected chi connectivity index (χ1v) is 11.9. The number of ether oxygens (including phenoxy) is 1. The molecule has 0 bridgehead atoms. The summed E-state index contributed by atoms with van der Waals surface area (Å²) >= 11 is 6.22. The molecule has 3 N–H and O–H groups in total. The maximum atomic E-state index is 13.4. The highest BCUT2D eigenvalue weighted by atomic mass is 35.5. The molecular weight excluding hydrogens is 494 g/mol. The van der Waals surface area contributed by atoms with Gasteiger partial charge in [-0.3, -0.25) is 14.7 Å². The van der Waals surface area contributed by atoms with Crippen LogP contribution in [0.2, 0.25) is 5.02 Å². The van der Waals surface area contributed by atoms with Crippen molar-refractivity contribution in [1.82, 2.24) is 10.2 Å². The molecule has 0 aliphatic rings. The molecular formula is C28H22ClN3O5. The number of aryl methyl sites for hydroxylation is 1. The zero-order chi connectivity index (χ0) is 26.1. The van der Waals surface area contributed by atoms with Crippen molar-refractivity contribution in [3.63, 3.8) is 0 Å². The van der Waals surface area contributed by atoms with Crippen LogP contribution >= 0.6 is 11.6 Å². The number of ketones is 1. The van der Waals surface area contributed by atoms with Gasteiger partial charge in [-0.25, -0.2) is 0 Å². The summed E-state index contributed by atoms with van der Waals surface area (Å²) in [7, 11) is 1.48. The lowest BCUT2D eigenvalue weighted by atomic mass is 10.0. The number of fused-ring (bicyclic) bond motifs is 1. The van der Waals surface area contributed by atoms with Crippen LogP contribution in [0.3, 0.4) is 0 Å². The Hall–Kier alpha value is -4.56. The molecule has 0 aliphatic carbocycles. The highest BCUT2D eigenvalue weighted by molar-refractivity contribution is 6.32. The number of rotatable bonds is 7. The van der Waals surface area contributed by atoms with Crippen molar-refractivity contribution in [3.05, 3.63) is 94.3 Å². The van der Waals surface area contributed by atoms with Crippen molar-refractivity contribution >= 4 is 39.9 Å². The predicted octanol–water partition coefficient (Wildman–Crippen LogP) is 6.24. The lowest BCUT2D eigenvalue weighted by Crippen LogP contribution is -2.14. The first-order valence-electron chi connectivity index (χ1n) is 11.5. The topological polar surface area (TPSA) is 117 Å². The Morgan fingerprint density at radius 2 is 1.92 bits per heavy atom. The van der Waals surface area contributed by atoms with Crippen molar-refractivity contribution in [2.24, 2.45) is 0 Å². The second kappa shape index (κ2) is 9.83. The van der Waals surface area contributed by atoms with E-state index in [0.29, 0.717) is 28.0 Å². The minimum atomic E-state index is -0.529. The molecule has 3 aromatic carbocycles. The molecule has 0 saturated heterocycles. The normalized spacial score (nSPS) is 11.0. The number of hydrogen-bond acceptors (Lipinski definition) is 6. The van der Waals surface area contributed by atoms with E-state index < -0.39 is 11.7 Å². The van der Waals surface area contributed by atoms with Crippen molar-refractivity contribution in [2.75, 3.05) is 12.4 Å². The summed E-state index contributed by atoms with van der Waals surface area (Å²) in [4.78, 5) is 26.6. The van der Waals surface area contributed by atoms with Crippen LogP contribution in [0.25, 0.3) is 22.2 Å². The van der Waals surface area contributed by atoms with Gasteiger partial charge < -0.3 is 19.6 Å². The number of carbonyl (C=O) groups excluding carboxylic acids is 2. The van der Waals surface area contributed by atoms with Crippen LogP contribution in [0.1, 0.15) is 39.1 Å². The number of furan rings is 1. The Kier molecular flexibility index (Phi) is 6.42. The summed E-state index contributed by atoms with van der Waals surface area (Å²) in [5, 5.41) is 20.8. The van der Waals surface area contributed by atoms with E-state index >= 15 is 0 Å². The maximum Gasteiger partial charge on any atom is 0.273 e. The fraction of sp³-hybridized carbons (Fsp3) is 0.107. The van der Waals surface area contributed by atoms with Crippen LogP contribution in [0.5, 0.6) is 11.5 Å². The third-order valence-corrected chi connectivity index (χ3v) is 6.32.